The Bertz CT molecular complexity index is 138. The van der Waals surface area contributed by atoms with Crippen LogP contribution >= 0.6 is 0 Å². The van der Waals surface area contributed by atoms with Gasteiger partial charge in [0.05, 0.1) is 8.41 Å². The maximum atomic E-state index is 2.11. The van der Waals surface area contributed by atoms with Crippen LogP contribution in [0.15, 0.2) is 30.3 Å². The molecule has 0 saturated carbocycles. The SMILES string of the molecule is B.[AsH2]c1ccccc1. The molecule has 1 aromatic rings. The van der Waals surface area contributed by atoms with E-state index in [1.807, 2.05) is 6.07 Å². The zero-order valence-electron chi connectivity index (χ0n) is 3.96. The predicted octanol–water partition coefficient (Wildman–Crippen LogP) is -1.24. The van der Waals surface area contributed by atoms with E-state index in [-0.39, 0.29) is 8.41 Å². The summed E-state index contributed by atoms with van der Waals surface area (Å²) in [6.07, 6.45) is 0. The third-order valence-electron chi connectivity index (χ3n) is 0.800. The quantitative estimate of drug-likeness (QED) is 0.425. The van der Waals surface area contributed by atoms with Crippen LogP contribution in [0, 0.1) is 0 Å². The first kappa shape index (κ1) is 7.84. The second-order valence-electron chi connectivity index (χ2n) is 1.41. The molecule has 1 unspecified atom stereocenters. The van der Waals surface area contributed by atoms with E-state index in [9.17, 15) is 0 Å². The number of hydrogen-bond acceptors (Lipinski definition) is 0. The number of hydrogen-bond donors (Lipinski definition) is 0. The molecule has 0 radical (unpaired) electrons. The van der Waals surface area contributed by atoms with Crippen molar-refractivity contribution in [2.75, 3.05) is 0 Å². The Balaban J connectivity index is 0.000000490. The fourth-order valence-electron chi connectivity index (χ4n) is 0.453. The zero-order valence-corrected chi connectivity index (χ0v) is 6.39. The van der Waals surface area contributed by atoms with Gasteiger partial charge in [0.15, 0.2) is 0 Å². The predicted molar refractivity (Wildman–Crippen MR) is 44.6 cm³/mol. The van der Waals surface area contributed by atoms with Crippen LogP contribution in [0.5, 0.6) is 0 Å². The van der Waals surface area contributed by atoms with Crippen LogP contribution in [0.4, 0.5) is 0 Å². The summed E-state index contributed by atoms with van der Waals surface area (Å²) in [7, 11) is 0. The van der Waals surface area contributed by atoms with Crippen molar-refractivity contribution >= 4 is 29.6 Å². The van der Waals surface area contributed by atoms with E-state index < -0.39 is 0 Å². The van der Waals surface area contributed by atoms with E-state index >= 15 is 0 Å². The van der Waals surface area contributed by atoms with Gasteiger partial charge >= 0.3 is 51.5 Å². The van der Waals surface area contributed by atoms with Crippen LogP contribution in [0.1, 0.15) is 0 Å². The van der Waals surface area contributed by atoms with Crippen LogP contribution in [0.3, 0.4) is 0 Å². The van der Waals surface area contributed by atoms with Gasteiger partial charge in [-0.3, -0.25) is 0 Å². The van der Waals surface area contributed by atoms with Gasteiger partial charge in [0.25, 0.3) is 0 Å². The van der Waals surface area contributed by atoms with Crippen molar-refractivity contribution < 1.29 is 0 Å². The van der Waals surface area contributed by atoms with E-state index in [2.05, 4.69) is 24.3 Å². The molecule has 0 N–H and O–H groups in total. The summed E-state index contributed by atoms with van der Waals surface area (Å²) in [6, 6.07) is 10.4. The van der Waals surface area contributed by atoms with Gasteiger partial charge in [-0.2, -0.15) is 0 Å². The van der Waals surface area contributed by atoms with Gasteiger partial charge in [0.2, 0.25) is 0 Å². The standard InChI is InChI=1S/C6H7As.BH3/c7-6-4-2-1-3-5-6;/h1-5H,7H2;1H3. The molecule has 1 atom stereocenters. The summed E-state index contributed by atoms with van der Waals surface area (Å²) in [5.74, 6) is 0. The molecule has 8 heavy (non-hydrogen) atoms. The molecule has 1 aromatic carbocycles. The fraction of sp³-hybridized carbons (Fsp3) is 0. The van der Waals surface area contributed by atoms with Crippen LogP contribution in [-0.2, 0) is 0 Å². The summed E-state index contributed by atoms with van der Waals surface area (Å²) in [5, 5.41) is 0. The first-order valence-corrected chi connectivity index (χ1v) is 3.41. The average molecular weight is 168 g/mol. The van der Waals surface area contributed by atoms with Gasteiger partial charge in [-0.15, -0.1) is 0 Å². The van der Waals surface area contributed by atoms with Crippen molar-refractivity contribution in [3.05, 3.63) is 30.3 Å². The Morgan fingerprint density at radius 1 is 1.00 bits per heavy atom. The summed E-state index contributed by atoms with van der Waals surface area (Å²) in [5.41, 5.74) is 0. The molecule has 0 aliphatic rings. The van der Waals surface area contributed by atoms with E-state index in [4.69, 9.17) is 0 Å². The van der Waals surface area contributed by atoms with Crippen LogP contribution < -0.4 is 4.35 Å². The van der Waals surface area contributed by atoms with Gasteiger partial charge in [-0.25, -0.2) is 0 Å². The van der Waals surface area contributed by atoms with Gasteiger partial charge in [-0.1, -0.05) is 0 Å². The Morgan fingerprint density at radius 3 is 1.75 bits per heavy atom. The molecular weight excluding hydrogens is 158 g/mol. The van der Waals surface area contributed by atoms with Crippen LogP contribution in [0.2, 0.25) is 0 Å². The molecule has 0 aliphatic carbocycles. The minimum absolute atomic E-state index is 0. The van der Waals surface area contributed by atoms with Gasteiger partial charge in [-0.05, 0) is 0 Å². The van der Waals surface area contributed by atoms with Crippen molar-refractivity contribution in [3.63, 3.8) is 0 Å². The molecular formula is C6H10AsB. The van der Waals surface area contributed by atoms with Crippen molar-refractivity contribution in [2.45, 2.75) is 0 Å². The molecule has 0 saturated heterocycles. The third kappa shape index (κ3) is 2.23. The van der Waals surface area contributed by atoms with E-state index in [0.717, 1.165) is 0 Å². The van der Waals surface area contributed by atoms with Crippen molar-refractivity contribution in [1.29, 1.82) is 0 Å². The minimum atomic E-state index is 0. The Morgan fingerprint density at radius 2 is 1.50 bits per heavy atom. The second-order valence-corrected chi connectivity index (χ2v) is 2.81. The first-order valence-electron chi connectivity index (χ1n) is 2.20. The molecule has 42 valence electrons. The first-order chi connectivity index (χ1) is 3.39. The second kappa shape index (κ2) is 3.80. The molecule has 0 spiro atoms. The summed E-state index contributed by atoms with van der Waals surface area (Å²) in [6.45, 7) is 0. The summed E-state index contributed by atoms with van der Waals surface area (Å²) < 4.78 is 1.38. The average Bonchev–Trinajstić information content (AvgIpc) is 1.69. The van der Waals surface area contributed by atoms with E-state index in [0.29, 0.717) is 0 Å². The molecule has 2 heteroatoms. The van der Waals surface area contributed by atoms with E-state index in [1.165, 1.54) is 4.35 Å². The zero-order chi connectivity index (χ0) is 5.11. The third-order valence-corrected chi connectivity index (χ3v) is 1.61. The Hall–Kier alpha value is -0.157. The Labute approximate surface area is 60.4 Å². The number of benzene rings is 1. The molecule has 0 heterocycles. The molecule has 0 aliphatic heterocycles. The molecule has 0 aromatic heterocycles. The topological polar surface area (TPSA) is 0 Å². The van der Waals surface area contributed by atoms with Crippen molar-refractivity contribution in [1.82, 2.24) is 0 Å². The van der Waals surface area contributed by atoms with Gasteiger partial charge in [0, 0.05) is 0 Å². The molecule has 0 bridgehead atoms. The van der Waals surface area contributed by atoms with Crippen molar-refractivity contribution in [3.8, 4) is 0 Å². The fourth-order valence-corrected chi connectivity index (χ4v) is 0.919. The number of rotatable bonds is 0. The monoisotopic (exact) mass is 168 g/mol. The van der Waals surface area contributed by atoms with Crippen LogP contribution in [-0.4, -0.2) is 25.3 Å². The normalized spacial score (nSPS) is 7.62. The van der Waals surface area contributed by atoms with Crippen LogP contribution in [0.25, 0.3) is 0 Å². The molecule has 0 amide bonds. The van der Waals surface area contributed by atoms with Gasteiger partial charge < -0.3 is 0 Å². The molecule has 1 rings (SSSR count). The molecule has 0 nitrogen and oxygen atoms in total. The van der Waals surface area contributed by atoms with E-state index in [1.54, 1.807) is 16.9 Å². The Kier molecular flexibility index (Phi) is 3.72. The molecule has 0 fully saturated rings. The summed E-state index contributed by atoms with van der Waals surface area (Å²) >= 11 is 1.67. The van der Waals surface area contributed by atoms with Crippen molar-refractivity contribution in [2.24, 2.45) is 0 Å². The maximum absolute atomic E-state index is 2.11. The van der Waals surface area contributed by atoms with Gasteiger partial charge in [0.1, 0.15) is 0 Å². The summed E-state index contributed by atoms with van der Waals surface area (Å²) in [4.78, 5) is 0.